The Morgan fingerprint density at radius 2 is 1.67 bits per heavy atom. The third-order valence-electron chi connectivity index (χ3n) is 3.27. The van der Waals surface area contributed by atoms with Gasteiger partial charge >= 0.3 is 0 Å². The van der Waals surface area contributed by atoms with Gasteiger partial charge in [0.15, 0.2) is 0 Å². The number of hydrogen-bond acceptors (Lipinski definition) is 2. The van der Waals surface area contributed by atoms with E-state index in [1.165, 1.54) is 5.56 Å². The Morgan fingerprint density at radius 3 is 2.29 bits per heavy atom. The summed E-state index contributed by atoms with van der Waals surface area (Å²) in [5, 5.41) is 0. The fourth-order valence-electron chi connectivity index (χ4n) is 2.07. The molecule has 1 heterocycles. The lowest BCUT2D eigenvalue weighted by Gasteiger charge is -2.03. The molecule has 0 atom stereocenters. The summed E-state index contributed by atoms with van der Waals surface area (Å²) in [7, 11) is 0. The first-order valence-corrected chi connectivity index (χ1v) is 6.77. The summed E-state index contributed by atoms with van der Waals surface area (Å²) in [6.07, 6.45) is 1.66. The van der Waals surface area contributed by atoms with E-state index < -0.39 is 0 Å². The van der Waals surface area contributed by atoms with Crippen molar-refractivity contribution in [3.8, 4) is 11.3 Å². The van der Waals surface area contributed by atoms with Crippen molar-refractivity contribution in [1.82, 2.24) is 0 Å². The lowest BCUT2D eigenvalue weighted by Crippen LogP contribution is -2.12. The second kappa shape index (κ2) is 5.67. The number of furan rings is 1. The van der Waals surface area contributed by atoms with Crippen LogP contribution in [-0.2, 0) is 0 Å². The van der Waals surface area contributed by atoms with E-state index in [0.717, 1.165) is 22.6 Å². The third-order valence-corrected chi connectivity index (χ3v) is 3.27. The van der Waals surface area contributed by atoms with Gasteiger partial charge in [0.05, 0.1) is 12.0 Å². The van der Waals surface area contributed by atoms with Crippen molar-refractivity contribution in [3.05, 3.63) is 78.1 Å². The monoisotopic (exact) mass is 276 g/mol. The van der Waals surface area contributed by atoms with Gasteiger partial charge in [-0.3, -0.25) is 0 Å². The molecule has 0 saturated heterocycles. The Kier molecular flexibility index (Phi) is 3.56. The average Bonchev–Trinajstić information content (AvgIpc) is 3.03. The standard InChI is InChI=1S/C18H16N2O/c1-13-4-6-15(7-5-13)18(19)20-16-10-8-14(9-11-16)17-3-2-12-21-17/h2-12H,1H3,(H2,19,20). The van der Waals surface area contributed by atoms with Crippen LogP contribution in [0.1, 0.15) is 11.1 Å². The molecule has 0 aliphatic heterocycles. The fourth-order valence-corrected chi connectivity index (χ4v) is 2.07. The highest BCUT2D eigenvalue weighted by atomic mass is 16.3. The number of aliphatic imine (C=N–C) groups is 1. The molecule has 0 unspecified atom stereocenters. The molecule has 0 aliphatic rings. The number of hydrogen-bond donors (Lipinski definition) is 1. The zero-order chi connectivity index (χ0) is 14.7. The summed E-state index contributed by atoms with van der Waals surface area (Å²) in [5.74, 6) is 1.36. The summed E-state index contributed by atoms with van der Waals surface area (Å²) >= 11 is 0. The third kappa shape index (κ3) is 3.03. The van der Waals surface area contributed by atoms with Gasteiger partial charge in [-0.05, 0) is 43.3 Å². The van der Waals surface area contributed by atoms with Crippen LogP contribution in [0.25, 0.3) is 11.3 Å². The highest BCUT2D eigenvalue weighted by Crippen LogP contribution is 2.23. The lowest BCUT2D eigenvalue weighted by atomic mass is 10.1. The molecule has 0 spiro atoms. The van der Waals surface area contributed by atoms with Gasteiger partial charge in [0.25, 0.3) is 0 Å². The second-order valence-corrected chi connectivity index (χ2v) is 4.89. The predicted octanol–water partition coefficient (Wildman–Crippen LogP) is 4.29. The molecule has 104 valence electrons. The number of aryl methyl sites for hydroxylation is 1. The molecule has 1 aromatic heterocycles. The SMILES string of the molecule is Cc1ccc(C(N)=Nc2ccc(-c3ccco3)cc2)cc1. The Bertz CT molecular complexity index is 739. The summed E-state index contributed by atoms with van der Waals surface area (Å²) < 4.78 is 5.36. The minimum absolute atomic E-state index is 0.515. The van der Waals surface area contributed by atoms with Crippen LogP contribution >= 0.6 is 0 Å². The molecule has 21 heavy (non-hydrogen) atoms. The van der Waals surface area contributed by atoms with Gasteiger partial charge in [0, 0.05) is 11.1 Å². The van der Waals surface area contributed by atoms with Crippen LogP contribution in [0.2, 0.25) is 0 Å². The molecule has 0 bridgehead atoms. The van der Waals surface area contributed by atoms with Crippen molar-refractivity contribution in [1.29, 1.82) is 0 Å². The number of nitrogens with zero attached hydrogens (tertiary/aromatic N) is 1. The summed E-state index contributed by atoms with van der Waals surface area (Å²) in [6, 6.07) is 19.6. The van der Waals surface area contributed by atoms with E-state index in [1.54, 1.807) is 6.26 Å². The first-order chi connectivity index (χ1) is 10.2. The first kappa shape index (κ1) is 13.2. The summed E-state index contributed by atoms with van der Waals surface area (Å²) in [6.45, 7) is 2.05. The van der Waals surface area contributed by atoms with E-state index >= 15 is 0 Å². The molecule has 0 fully saturated rings. The lowest BCUT2D eigenvalue weighted by molar-refractivity contribution is 0.582. The largest absolute Gasteiger partial charge is 0.464 e. The van der Waals surface area contributed by atoms with Crippen molar-refractivity contribution >= 4 is 11.5 Å². The first-order valence-electron chi connectivity index (χ1n) is 6.77. The van der Waals surface area contributed by atoms with Crippen LogP contribution in [0, 0.1) is 6.92 Å². The quantitative estimate of drug-likeness (QED) is 0.573. The Labute approximate surface area is 123 Å². The van der Waals surface area contributed by atoms with Gasteiger partial charge in [0.1, 0.15) is 11.6 Å². The van der Waals surface area contributed by atoms with E-state index in [2.05, 4.69) is 4.99 Å². The molecule has 0 aliphatic carbocycles. The molecule has 0 saturated carbocycles. The molecule has 3 nitrogen and oxygen atoms in total. The molecular formula is C18H16N2O. The van der Waals surface area contributed by atoms with Crippen molar-refractivity contribution in [2.24, 2.45) is 10.7 Å². The van der Waals surface area contributed by atoms with Gasteiger partial charge in [-0.2, -0.15) is 0 Å². The zero-order valence-corrected chi connectivity index (χ0v) is 11.8. The number of rotatable bonds is 3. The smallest absolute Gasteiger partial charge is 0.133 e. The zero-order valence-electron chi connectivity index (χ0n) is 11.8. The van der Waals surface area contributed by atoms with Crippen molar-refractivity contribution in [2.75, 3.05) is 0 Å². The van der Waals surface area contributed by atoms with Crippen molar-refractivity contribution in [3.63, 3.8) is 0 Å². The number of amidine groups is 1. The average molecular weight is 276 g/mol. The maximum absolute atomic E-state index is 6.04. The van der Waals surface area contributed by atoms with Crippen LogP contribution in [0.4, 0.5) is 5.69 Å². The molecule has 0 radical (unpaired) electrons. The number of nitrogens with two attached hydrogens (primary N) is 1. The topological polar surface area (TPSA) is 51.5 Å². The van der Waals surface area contributed by atoms with Crippen LogP contribution in [-0.4, -0.2) is 5.84 Å². The predicted molar refractivity (Wildman–Crippen MR) is 85.7 cm³/mol. The van der Waals surface area contributed by atoms with E-state index in [0.29, 0.717) is 5.84 Å². The molecule has 2 N–H and O–H groups in total. The molecule has 2 aromatic carbocycles. The van der Waals surface area contributed by atoms with Crippen LogP contribution in [0.15, 0.2) is 76.3 Å². The van der Waals surface area contributed by atoms with Gasteiger partial charge < -0.3 is 10.2 Å². The molecule has 3 aromatic rings. The van der Waals surface area contributed by atoms with Gasteiger partial charge in [-0.15, -0.1) is 0 Å². The molecule has 0 amide bonds. The minimum Gasteiger partial charge on any atom is -0.464 e. The number of benzene rings is 2. The minimum atomic E-state index is 0.515. The Hall–Kier alpha value is -2.81. The Balaban J connectivity index is 1.84. The van der Waals surface area contributed by atoms with Crippen molar-refractivity contribution < 1.29 is 4.42 Å². The van der Waals surface area contributed by atoms with Crippen LogP contribution in [0.5, 0.6) is 0 Å². The second-order valence-electron chi connectivity index (χ2n) is 4.89. The van der Waals surface area contributed by atoms with Gasteiger partial charge in [-0.25, -0.2) is 4.99 Å². The molecule has 3 heteroatoms. The summed E-state index contributed by atoms with van der Waals surface area (Å²) in [4.78, 5) is 4.45. The maximum Gasteiger partial charge on any atom is 0.133 e. The van der Waals surface area contributed by atoms with Crippen LogP contribution in [0.3, 0.4) is 0 Å². The molecule has 3 rings (SSSR count). The van der Waals surface area contributed by atoms with Crippen molar-refractivity contribution in [2.45, 2.75) is 6.92 Å². The normalized spacial score (nSPS) is 11.6. The highest BCUT2D eigenvalue weighted by molar-refractivity contribution is 5.99. The fraction of sp³-hybridized carbons (Fsp3) is 0.0556. The van der Waals surface area contributed by atoms with E-state index in [4.69, 9.17) is 10.2 Å². The van der Waals surface area contributed by atoms with E-state index in [9.17, 15) is 0 Å². The maximum atomic E-state index is 6.04. The molecular weight excluding hydrogens is 260 g/mol. The van der Waals surface area contributed by atoms with Gasteiger partial charge in [-0.1, -0.05) is 29.8 Å². The van der Waals surface area contributed by atoms with Crippen LogP contribution < -0.4 is 5.73 Å². The van der Waals surface area contributed by atoms with E-state index in [1.807, 2.05) is 67.6 Å². The van der Waals surface area contributed by atoms with Gasteiger partial charge in [0.2, 0.25) is 0 Å². The van der Waals surface area contributed by atoms with E-state index in [-0.39, 0.29) is 0 Å². The Morgan fingerprint density at radius 1 is 0.952 bits per heavy atom. The summed E-state index contributed by atoms with van der Waals surface area (Å²) in [5.41, 5.74) is 10.0. The highest BCUT2D eigenvalue weighted by Gasteiger charge is 2.01.